The van der Waals surface area contributed by atoms with Gasteiger partial charge in [-0.3, -0.25) is 9.59 Å². The first-order chi connectivity index (χ1) is 11.1. The van der Waals surface area contributed by atoms with E-state index in [0.29, 0.717) is 19.4 Å². The van der Waals surface area contributed by atoms with Crippen LogP contribution < -0.4 is 5.32 Å². The van der Waals surface area contributed by atoms with Crippen LogP contribution in [-0.2, 0) is 14.3 Å². The second-order valence-electron chi connectivity index (χ2n) is 5.39. The number of benzene rings is 1. The lowest BCUT2D eigenvalue weighted by molar-refractivity contribution is -0.149. The summed E-state index contributed by atoms with van der Waals surface area (Å²) in [5, 5.41) is 2.84. The number of hydrogen-bond acceptors (Lipinski definition) is 3. The van der Waals surface area contributed by atoms with Gasteiger partial charge in [0.2, 0.25) is 5.91 Å². The van der Waals surface area contributed by atoms with Crippen LogP contribution in [0.3, 0.4) is 0 Å². The Kier molecular flexibility index (Phi) is 8.43. The Bertz CT molecular complexity index is 525. The van der Waals surface area contributed by atoms with Crippen molar-refractivity contribution in [1.29, 1.82) is 0 Å². The van der Waals surface area contributed by atoms with E-state index < -0.39 is 5.92 Å². The van der Waals surface area contributed by atoms with Crippen molar-refractivity contribution >= 4 is 11.9 Å². The highest BCUT2D eigenvalue weighted by molar-refractivity contribution is 5.84. The van der Waals surface area contributed by atoms with E-state index in [1.807, 2.05) is 30.3 Å². The average molecular weight is 315 g/mol. The third-order valence-corrected chi connectivity index (χ3v) is 3.48. The molecule has 2 unspecified atom stereocenters. The second kappa shape index (κ2) is 10.4. The molecule has 0 spiro atoms. The van der Waals surface area contributed by atoms with Crippen molar-refractivity contribution in [3.63, 3.8) is 0 Å². The Hall–Kier alpha value is -2.36. The molecule has 124 valence electrons. The molecule has 0 aliphatic heterocycles. The minimum absolute atomic E-state index is 0.0320. The van der Waals surface area contributed by atoms with Crippen LogP contribution >= 0.6 is 0 Å². The quantitative estimate of drug-likeness (QED) is 0.410. The zero-order chi connectivity index (χ0) is 17.1. The van der Waals surface area contributed by atoms with Gasteiger partial charge in [0.15, 0.2) is 0 Å². The van der Waals surface area contributed by atoms with Crippen LogP contribution in [0.15, 0.2) is 55.6 Å². The summed E-state index contributed by atoms with van der Waals surface area (Å²) in [7, 11) is 0. The SMILES string of the molecule is C=CCCNC(=O)C(COC(=O)C(C)CC=C)c1ccccc1. The highest BCUT2D eigenvalue weighted by Gasteiger charge is 2.23. The van der Waals surface area contributed by atoms with Crippen molar-refractivity contribution in [1.82, 2.24) is 5.32 Å². The van der Waals surface area contributed by atoms with Gasteiger partial charge in [-0.05, 0) is 18.4 Å². The molecular weight excluding hydrogens is 290 g/mol. The van der Waals surface area contributed by atoms with E-state index in [9.17, 15) is 9.59 Å². The van der Waals surface area contributed by atoms with Crippen molar-refractivity contribution in [2.24, 2.45) is 5.92 Å². The van der Waals surface area contributed by atoms with Crippen LogP contribution in [0.25, 0.3) is 0 Å². The Labute approximate surface area is 138 Å². The van der Waals surface area contributed by atoms with Crippen LogP contribution in [0.5, 0.6) is 0 Å². The van der Waals surface area contributed by atoms with E-state index in [-0.39, 0.29) is 24.4 Å². The Morgan fingerprint density at radius 1 is 1.22 bits per heavy atom. The molecule has 0 aliphatic carbocycles. The number of rotatable bonds is 10. The van der Waals surface area contributed by atoms with Crippen molar-refractivity contribution in [2.75, 3.05) is 13.2 Å². The molecule has 0 fully saturated rings. The zero-order valence-corrected chi connectivity index (χ0v) is 13.7. The van der Waals surface area contributed by atoms with E-state index in [1.54, 1.807) is 19.1 Å². The molecule has 0 radical (unpaired) electrons. The molecule has 23 heavy (non-hydrogen) atoms. The third-order valence-electron chi connectivity index (χ3n) is 3.48. The monoisotopic (exact) mass is 315 g/mol. The molecule has 1 amide bonds. The highest BCUT2D eigenvalue weighted by atomic mass is 16.5. The van der Waals surface area contributed by atoms with Crippen molar-refractivity contribution in [3.05, 3.63) is 61.2 Å². The van der Waals surface area contributed by atoms with Gasteiger partial charge in [-0.2, -0.15) is 0 Å². The summed E-state index contributed by atoms with van der Waals surface area (Å²) >= 11 is 0. The largest absolute Gasteiger partial charge is 0.464 e. The summed E-state index contributed by atoms with van der Waals surface area (Å²) in [6.07, 6.45) is 4.68. The van der Waals surface area contributed by atoms with Crippen LogP contribution in [0.1, 0.15) is 31.2 Å². The van der Waals surface area contributed by atoms with Crippen LogP contribution in [0, 0.1) is 5.92 Å². The minimum atomic E-state index is -0.513. The molecule has 4 heteroatoms. The predicted octanol–water partition coefficient (Wildman–Crippen LogP) is 3.22. The first-order valence-corrected chi connectivity index (χ1v) is 7.81. The normalized spacial score (nSPS) is 12.7. The average Bonchev–Trinajstić information content (AvgIpc) is 2.56. The molecule has 0 saturated carbocycles. The molecule has 1 aromatic rings. The molecule has 0 heterocycles. The number of esters is 1. The number of nitrogens with one attached hydrogen (secondary N) is 1. The van der Waals surface area contributed by atoms with E-state index in [0.717, 1.165) is 5.56 Å². The van der Waals surface area contributed by atoms with Gasteiger partial charge in [0.1, 0.15) is 6.61 Å². The fraction of sp³-hybridized carbons (Fsp3) is 0.368. The van der Waals surface area contributed by atoms with Gasteiger partial charge in [0.05, 0.1) is 11.8 Å². The highest BCUT2D eigenvalue weighted by Crippen LogP contribution is 2.17. The van der Waals surface area contributed by atoms with E-state index >= 15 is 0 Å². The number of amides is 1. The van der Waals surface area contributed by atoms with Gasteiger partial charge in [-0.25, -0.2) is 0 Å². The molecule has 1 N–H and O–H groups in total. The summed E-state index contributed by atoms with van der Waals surface area (Å²) in [4.78, 5) is 24.3. The Balaban J connectivity index is 2.72. The first kappa shape index (κ1) is 18.7. The van der Waals surface area contributed by atoms with Gasteiger partial charge >= 0.3 is 5.97 Å². The molecule has 2 atom stereocenters. The summed E-state index contributed by atoms with van der Waals surface area (Å²) < 4.78 is 5.33. The summed E-state index contributed by atoms with van der Waals surface area (Å²) in [6, 6.07) is 9.33. The lowest BCUT2D eigenvalue weighted by Gasteiger charge is -2.18. The maximum absolute atomic E-state index is 12.4. The smallest absolute Gasteiger partial charge is 0.308 e. The molecule has 0 bridgehead atoms. The second-order valence-corrected chi connectivity index (χ2v) is 5.39. The van der Waals surface area contributed by atoms with Gasteiger partial charge in [0.25, 0.3) is 0 Å². The zero-order valence-electron chi connectivity index (χ0n) is 13.7. The molecule has 0 aromatic heterocycles. The lowest BCUT2D eigenvalue weighted by atomic mass is 9.99. The fourth-order valence-electron chi connectivity index (χ4n) is 2.08. The van der Waals surface area contributed by atoms with Crippen molar-refractivity contribution in [3.8, 4) is 0 Å². The summed E-state index contributed by atoms with van der Waals surface area (Å²) in [5.41, 5.74) is 0.827. The topological polar surface area (TPSA) is 55.4 Å². The number of carbonyl (C=O) groups excluding carboxylic acids is 2. The molecule has 0 aliphatic rings. The molecule has 4 nitrogen and oxygen atoms in total. The third kappa shape index (κ3) is 6.51. The lowest BCUT2D eigenvalue weighted by Crippen LogP contribution is -2.33. The Morgan fingerprint density at radius 3 is 2.52 bits per heavy atom. The first-order valence-electron chi connectivity index (χ1n) is 7.81. The van der Waals surface area contributed by atoms with Gasteiger partial charge < -0.3 is 10.1 Å². The van der Waals surface area contributed by atoms with Gasteiger partial charge in [-0.15, -0.1) is 13.2 Å². The van der Waals surface area contributed by atoms with E-state index in [2.05, 4.69) is 18.5 Å². The number of allylic oxidation sites excluding steroid dienone is 1. The maximum atomic E-state index is 12.4. The predicted molar refractivity (Wildman–Crippen MR) is 91.9 cm³/mol. The maximum Gasteiger partial charge on any atom is 0.308 e. The van der Waals surface area contributed by atoms with Gasteiger partial charge in [0, 0.05) is 6.54 Å². The number of hydrogen-bond donors (Lipinski definition) is 1. The molecule has 1 rings (SSSR count). The van der Waals surface area contributed by atoms with E-state index in [1.165, 1.54) is 0 Å². The van der Waals surface area contributed by atoms with Crippen molar-refractivity contribution < 1.29 is 14.3 Å². The summed E-state index contributed by atoms with van der Waals surface area (Å²) in [6.45, 7) is 9.58. The van der Waals surface area contributed by atoms with Crippen LogP contribution in [0.2, 0.25) is 0 Å². The number of ether oxygens (including phenoxy) is 1. The molecule has 1 aromatic carbocycles. The van der Waals surface area contributed by atoms with Crippen LogP contribution in [-0.4, -0.2) is 25.0 Å². The summed E-state index contributed by atoms with van der Waals surface area (Å²) in [5.74, 6) is -1.24. The fourth-order valence-corrected chi connectivity index (χ4v) is 2.08. The van der Waals surface area contributed by atoms with Gasteiger partial charge in [-0.1, -0.05) is 49.4 Å². The molecule has 0 saturated heterocycles. The standard InChI is InChI=1S/C19H25NO3/c1-4-6-13-20-18(21)17(16-11-8-7-9-12-16)14-23-19(22)15(3)10-5-2/h4-5,7-9,11-12,15,17H,1-2,6,10,13-14H2,3H3,(H,20,21). The van der Waals surface area contributed by atoms with E-state index in [4.69, 9.17) is 4.74 Å². The van der Waals surface area contributed by atoms with Crippen LogP contribution in [0.4, 0.5) is 0 Å². The minimum Gasteiger partial charge on any atom is -0.464 e. The number of carbonyl (C=O) groups is 2. The molecular formula is C19H25NO3. The Morgan fingerprint density at radius 2 is 1.91 bits per heavy atom. The van der Waals surface area contributed by atoms with Crippen molar-refractivity contribution in [2.45, 2.75) is 25.7 Å².